The van der Waals surface area contributed by atoms with Crippen LogP contribution in [0.1, 0.15) is 12.8 Å². The van der Waals surface area contributed by atoms with Crippen LogP contribution >= 0.6 is 36.2 Å². The summed E-state index contributed by atoms with van der Waals surface area (Å²) in [4.78, 5) is 0. The average Bonchev–Trinajstić information content (AvgIpc) is 2.64. The van der Waals surface area contributed by atoms with E-state index in [9.17, 15) is 21.6 Å². The van der Waals surface area contributed by atoms with Crippen LogP contribution in [0.4, 0.5) is 13.2 Å². The number of benzene rings is 2. The first-order chi connectivity index (χ1) is 12.7. The molecule has 0 atom stereocenters. The Kier molecular flexibility index (Phi) is 8.38. The van der Waals surface area contributed by atoms with E-state index < -0.39 is 35.9 Å². The maximum absolute atomic E-state index is 12.8. The topological polar surface area (TPSA) is 52.6 Å². The molecule has 0 aliphatic heterocycles. The molecular formula is C17H17BrF3IO4S. The third kappa shape index (κ3) is 6.61. The Labute approximate surface area is 172 Å². The van der Waals surface area contributed by atoms with Gasteiger partial charge in [0.25, 0.3) is 0 Å². The second-order valence-corrected chi connectivity index (χ2v) is 12.5. The Balaban J connectivity index is 2.24. The van der Waals surface area contributed by atoms with Gasteiger partial charge in [0.2, 0.25) is 0 Å². The molecule has 0 aliphatic rings. The van der Waals surface area contributed by atoms with Gasteiger partial charge in [-0.05, 0) is 0 Å². The molecule has 2 aromatic rings. The summed E-state index contributed by atoms with van der Waals surface area (Å²) in [6, 6.07) is 14.4. The van der Waals surface area contributed by atoms with E-state index in [0.29, 0.717) is 19.5 Å². The van der Waals surface area contributed by atoms with Crippen molar-refractivity contribution in [2.45, 2.75) is 18.3 Å². The molecule has 0 fully saturated rings. The summed E-state index contributed by atoms with van der Waals surface area (Å²) >= 11 is 0.00788. The minimum atomic E-state index is -5.69. The fraction of sp³-hybridized carbons (Fsp3) is 0.294. The first-order valence-electron chi connectivity index (χ1n) is 7.80. The number of ether oxygens (including phenoxy) is 1. The molecule has 2 aromatic carbocycles. The standard InChI is InChI=1S/C17H17BrF3IO4S/c18-12-4-5-13-25-16-10-8-15(9-11-16)22(14-6-2-1-3-7-14)26-27(23,24)17(19,20)21/h1-3,6-11H,4-5,12-13H2. The molecule has 0 amide bonds. The predicted octanol–water partition coefficient (Wildman–Crippen LogP) is 5.57. The van der Waals surface area contributed by atoms with Gasteiger partial charge in [0.05, 0.1) is 0 Å². The van der Waals surface area contributed by atoms with Crippen LogP contribution in [0.3, 0.4) is 0 Å². The molecule has 0 unspecified atom stereocenters. The molecule has 0 heterocycles. The van der Waals surface area contributed by atoms with Gasteiger partial charge in [0.15, 0.2) is 0 Å². The van der Waals surface area contributed by atoms with Crippen molar-refractivity contribution in [1.29, 1.82) is 0 Å². The van der Waals surface area contributed by atoms with Gasteiger partial charge >= 0.3 is 173 Å². The first-order valence-corrected chi connectivity index (χ1v) is 13.4. The van der Waals surface area contributed by atoms with Crippen LogP contribution in [0.2, 0.25) is 0 Å². The fourth-order valence-electron chi connectivity index (χ4n) is 1.88. The molecule has 4 nitrogen and oxygen atoms in total. The van der Waals surface area contributed by atoms with Gasteiger partial charge in [-0.1, -0.05) is 0 Å². The Morgan fingerprint density at radius 3 is 2.07 bits per heavy atom. The van der Waals surface area contributed by atoms with Gasteiger partial charge in [-0.3, -0.25) is 0 Å². The van der Waals surface area contributed by atoms with Gasteiger partial charge in [0, 0.05) is 0 Å². The Hall–Kier alpha value is -0.850. The molecule has 27 heavy (non-hydrogen) atoms. The van der Waals surface area contributed by atoms with Crippen molar-refractivity contribution in [3.8, 4) is 5.75 Å². The van der Waals surface area contributed by atoms with E-state index in [1.807, 2.05) is 0 Å². The summed E-state index contributed by atoms with van der Waals surface area (Å²) in [5.74, 6) is 0.566. The zero-order chi connectivity index (χ0) is 19.9. The van der Waals surface area contributed by atoms with Crippen LogP contribution in [0.5, 0.6) is 5.75 Å². The van der Waals surface area contributed by atoms with Crippen LogP contribution in [0.15, 0.2) is 54.6 Å². The Morgan fingerprint density at radius 1 is 0.926 bits per heavy atom. The normalized spacial score (nSPS) is 12.7. The molecule has 0 spiro atoms. The molecule has 0 saturated carbocycles. The van der Waals surface area contributed by atoms with E-state index in [1.165, 1.54) is 0 Å². The van der Waals surface area contributed by atoms with Crippen molar-refractivity contribution < 1.29 is 28.8 Å². The second kappa shape index (κ2) is 10.1. The summed E-state index contributed by atoms with van der Waals surface area (Å²) in [5, 5.41) is 0.880. The van der Waals surface area contributed by atoms with E-state index >= 15 is 0 Å². The molecule has 0 bridgehead atoms. The average molecular weight is 581 g/mol. The van der Waals surface area contributed by atoms with Crippen molar-refractivity contribution >= 4 is 46.3 Å². The van der Waals surface area contributed by atoms with E-state index in [-0.39, 0.29) is 0 Å². The van der Waals surface area contributed by atoms with Gasteiger partial charge in [0.1, 0.15) is 0 Å². The quantitative estimate of drug-likeness (QED) is 0.168. The molecule has 0 radical (unpaired) electrons. The van der Waals surface area contributed by atoms with Crippen LogP contribution in [-0.2, 0) is 12.6 Å². The number of hydrogen-bond acceptors (Lipinski definition) is 4. The van der Waals surface area contributed by atoms with Crippen molar-refractivity contribution in [3.05, 3.63) is 61.7 Å². The van der Waals surface area contributed by atoms with E-state index in [4.69, 9.17) is 4.74 Å². The fourth-order valence-corrected chi connectivity index (χ4v) is 8.74. The van der Waals surface area contributed by atoms with Gasteiger partial charge in [-0.25, -0.2) is 0 Å². The number of unbranched alkanes of at least 4 members (excludes halogenated alkanes) is 1. The Bertz CT molecular complexity index is 814. The third-order valence-electron chi connectivity index (χ3n) is 3.17. The number of halogens is 5. The van der Waals surface area contributed by atoms with Crippen molar-refractivity contribution in [2.75, 3.05) is 11.9 Å². The first kappa shape index (κ1) is 22.4. The van der Waals surface area contributed by atoms with Crippen LogP contribution in [-0.4, -0.2) is 25.9 Å². The molecule has 150 valence electrons. The van der Waals surface area contributed by atoms with Crippen LogP contribution < -0.4 is 4.74 Å². The molecule has 2 rings (SSSR count). The van der Waals surface area contributed by atoms with E-state index in [1.54, 1.807) is 54.6 Å². The summed E-state index contributed by atoms with van der Waals surface area (Å²) in [6.45, 7) is 0.519. The summed E-state index contributed by atoms with van der Waals surface area (Å²) < 4.78 is 72.5. The van der Waals surface area contributed by atoms with Crippen LogP contribution in [0.25, 0.3) is 0 Å². The van der Waals surface area contributed by atoms with Crippen molar-refractivity contribution in [2.24, 2.45) is 0 Å². The monoisotopic (exact) mass is 580 g/mol. The van der Waals surface area contributed by atoms with Crippen LogP contribution in [0, 0.1) is 7.14 Å². The SMILES string of the molecule is O=S(=O)(OI(c1ccccc1)c1ccc(OCCCCBr)cc1)C(F)(F)F. The maximum atomic E-state index is 12.8. The molecular weight excluding hydrogens is 564 g/mol. The zero-order valence-electron chi connectivity index (χ0n) is 14.0. The molecule has 0 aromatic heterocycles. The predicted molar refractivity (Wildman–Crippen MR) is 109 cm³/mol. The number of alkyl halides is 4. The van der Waals surface area contributed by atoms with E-state index in [2.05, 4.69) is 18.4 Å². The minimum absolute atomic E-state index is 0.422. The molecule has 0 saturated heterocycles. The zero-order valence-corrected chi connectivity index (χ0v) is 18.5. The van der Waals surface area contributed by atoms with Crippen molar-refractivity contribution in [3.63, 3.8) is 0 Å². The van der Waals surface area contributed by atoms with E-state index in [0.717, 1.165) is 18.2 Å². The summed E-state index contributed by atoms with van der Waals surface area (Å²) in [7, 11) is -5.69. The summed E-state index contributed by atoms with van der Waals surface area (Å²) in [5.41, 5.74) is -5.46. The number of hydrogen-bond donors (Lipinski definition) is 0. The second-order valence-electron chi connectivity index (χ2n) is 5.21. The molecule has 0 aliphatic carbocycles. The van der Waals surface area contributed by atoms with Gasteiger partial charge in [-0.2, -0.15) is 0 Å². The third-order valence-corrected chi connectivity index (χ3v) is 10.8. The molecule has 10 heteroatoms. The Morgan fingerprint density at radius 2 is 1.52 bits per heavy atom. The van der Waals surface area contributed by atoms with Crippen molar-refractivity contribution in [1.82, 2.24) is 0 Å². The molecule has 0 N–H and O–H groups in total. The summed E-state index contributed by atoms with van der Waals surface area (Å²) in [6.07, 6.45) is 1.83. The van der Waals surface area contributed by atoms with Gasteiger partial charge in [-0.15, -0.1) is 0 Å². The van der Waals surface area contributed by atoms with Gasteiger partial charge < -0.3 is 0 Å². The number of rotatable bonds is 9.